The van der Waals surface area contributed by atoms with Gasteiger partial charge < -0.3 is 4.90 Å². The summed E-state index contributed by atoms with van der Waals surface area (Å²) >= 11 is 5.90. The van der Waals surface area contributed by atoms with Crippen LogP contribution < -0.4 is 4.90 Å². The van der Waals surface area contributed by atoms with Gasteiger partial charge in [0.15, 0.2) is 0 Å². The Labute approximate surface area is 124 Å². The molecule has 0 radical (unpaired) electrons. The van der Waals surface area contributed by atoms with Gasteiger partial charge in [-0.05, 0) is 24.3 Å². The van der Waals surface area contributed by atoms with Crippen molar-refractivity contribution < 1.29 is 14.1 Å². The van der Waals surface area contributed by atoms with E-state index in [2.05, 4.69) is 0 Å². The van der Waals surface area contributed by atoms with Crippen LogP contribution in [0.25, 0.3) is 0 Å². The van der Waals surface area contributed by atoms with Crippen LogP contribution in [0.2, 0.25) is 5.02 Å². The molecule has 0 aliphatic heterocycles. The van der Waals surface area contributed by atoms with Crippen LogP contribution in [0.15, 0.2) is 42.5 Å². The molecule has 0 N–H and O–H groups in total. The van der Waals surface area contributed by atoms with E-state index in [1.165, 1.54) is 48.3 Å². The maximum Gasteiger partial charge on any atom is 0.288 e. The molecule has 0 saturated carbocycles. The molecular formula is C14H10ClFN2O3. The second-order valence-electron chi connectivity index (χ2n) is 4.24. The molecule has 0 aliphatic carbocycles. The minimum atomic E-state index is -0.665. The van der Waals surface area contributed by atoms with Gasteiger partial charge in [-0.3, -0.25) is 14.9 Å². The third kappa shape index (κ3) is 3.00. The first-order valence-electron chi connectivity index (χ1n) is 5.88. The lowest BCUT2D eigenvalue weighted by molar-refractivity contribution is -0.384. The molecule has 21 heavy (non-hydrogen) atoms. The van der Waals surface area contributed by atoms with E-state index in [0.717, 1.165) is 0 Å². The summed E-state index contributed by atoms with van der Waals surface area (Å²) in [6.07, 6.45) is 0. The second kappa shape index (κ2) is 5.88. The summed E-state index contributed by atoms with van der Waals surface area (Å²) in [7, 11) is 1.44. The lowest BCUT2D eigenvalue weighted by atomic mass is 10.1. The molecule has 0 aromatic heterocycles. The molecule has 2 aromatic carbocycles. The fourth-order valence-electron chi connectivity index (χ4n) is 1.81. The average molecular weight is 309 g/mol. The van der Waals surface area contributed by atoms with Gasteiger partial charge in [0.05, 0.1) is 10.5 Å². The number of rotatable bonds is 3. The van der Waals surface area contributed by atoms with Crippen LogP contribution in [0.5, 0.6) is 0 Å². The molecule has 108 valence electrons. The summed E-state index contributed by atoms with van der Waals surface area (Å²) in [4.78, 5) is 23.7. The average Bonchev–Trinajstić information content (AvgIpc) is 2.45. The minimum absolute atomic E-state index is 0.0161. The van der Waals surface area contributed by atoms with Crippen LogP contribution in [0.1, 0.15) is 10.4 Å². The highest BCUT2D eigenvalue weighted by Gasteiger charge is 2.22. The van der Waals surface area contributed by atoms with Crippen molar-refractivity contribution in [2.24, 2.45) is 0 Å². The molecule has 0 spiro atoms. The fourth-order valence-corrected chi connectivity index (χ4v) is 2.08. The topological polar surface area (TPSA) is 63.5 Å². The van der Waals surface area contributed by atoms with Crippen LogP contribution in [0.4, 0.5) is 15.8 Å². The highest BCUT2D eigenvalue weighted by molar-refractivity contribution is 6.36. The Bertz CT molecular complexity index is 721. The lowest BCUT2D eigenvalue weighted by Gasteiger charge is -2.18. The van der Waals surface area contributed by atoms with Gasteiger partial charge >= 0.3 is 0 Å². The lowest BCUT2D eigenvalue weighted by Crippen LogP contribution is -2.26. The largest absolute Gasteiger partial charge is 0.311 e. The van der Waals surface area contributed by atoms with Gasteiger partial charge in [0, 0.05) is 18.8 Å². The molecule has 0 heterocycles. The zero-order valence-electron chi connectivity index (χ0n) is 10.9. The Morgan fingerprint density at radius 1 is 1.29 bits per heavy atom. The Kier molecular flexibility index (Phi) is 4.18. The summed E-state index contributed by atoms with van der Waals surface area (Å²) in [5.74, 6) is -1.05. The first-order valence-corrected chi connectivity index (χ1v) is 6.26. The van der Waals surface area contributed by atoms with Gasteiger partial charge in [-0.15, -0.1) is 0 Å². The van der Waals surface area contributed by atoms with Crippen LogP contribution in [-0.2, 0) is 0 Å². The summed E-state index contributed by atoms with van der Waals surface area (Å²) in [6, 6.07) is 9.41. The van der Waals surface area contributed by atoms with Gasteiger partial charge in [0.2, 0.25) is 0 Å². The van der Waals surface area contributed by atoms with E-state index < -0.39 is 16.6 Å². The van der Waals surface area contributed by atoms with Gasteiger partial charge in [0.25, 0.3) is 11.6 Å². The molecule has 0 atom stereocenters. The smallest absolute Gasteiger partial charge is 0.288 e. The quantitative estimate of drug-likeness (QED) is 0.642. The molecule has 1 amide bonds. The number of nitro groups is 1. The van der Waals surface area contributed by atoms with E-state index in [1.807, 2.05) is 0 Å². The molecule has 0 fully saturated rings. The Morgan fingerprint density at radius 2 is 1.95 bits per heavy atom. The molecule has 0 aliphatic rings. The third-order valence-electron chi connectivity index (χ3n) is 2.91. The number of halogens is 2. The van der Waals surface area contributed by atoms with Gasteiger partial charge in [-0.25, -0.2) is 4.39 Å². The number of hydrogen-bond acceptors (Lipinski definition) is 3. The Morgan fingerprint density at radius 3 is 2.57 bits per heavy atom. The van der Waals surface area contributed by atoms with E-state index >= 15 is 0 Å². The normalized spacial score (nSPS) is 10.2. The summed E-state index contributed by atoms with van der Waals surface area (Å²) < 4.78 is 13.2. The van der Waals surface area contributed by atoms with Crippen molar-refractivity contribution in [3.63, 3.8) is 0 Å². The van der Waals surface area contributed by atoms with E-state index in [1.54, 1.807) is 6.07 Å². The van der Waals surface area contributed by atoms with Crippen LogP contribution in [-0.4, -0.2) is 17.9 Å². The van der Waals surface area contributed by atoms with Crippen LogP contribution in [0.3, 0.4) is 0 Å². The predicted molar refractivity (Wildman–Crippen MR) is 77.2 cm³/mol. The van der Waals surface area contributed by atoms with Crippen molar-refractivity contribution in [1.82, 2.24) is 0 Å². The number of carbonyl (C=O) groups excluding carboxylic acids is 1. The molecule has 0 unspecified atom stereocenters. The second-order valence-corrected chi connectivity index (χ2v) is 4.62. The molecule has 5 nitrogen and oxygen atoms in total. The van der Waals surface area contributed by atoms with E-state index in [9.17, 15) is 19.3 Å². The van der Waals surface area contributed by atoms with Crippen molar-refractivity contribution >= 4 is 28.9 Å². The Balaban J connectivity index is 2.41. The molecular weight excluding hydrogens is 299 g/mol. The van der Waals surface area contributed by atoms with E-state index in [4.69, 9.17) is 11.6 Å². The van der Waals surface area contributed by atoms with Crippen molar-refractivity contribution in [2.75, 3.05) is 11.9 Å². The zero-order valence-corrected chi connectivity index (χ0v) is 11.7. The number of hydrogen-bond donors (Lipinski definition) is 0. The highest BCUT2D eigenvalue weighted by atomic mass is 35.5. The molecule has 2 rings (SSSR count). The molecule has 0 saturated heterocycles. The molecule has 2 aromatic rings. The number of nitro benzene ring substituents is 1. The zero-order chi connectivity index (χ0) is 15.6. The highest BCUT2D eigenvalue weighted by Crippen LogP contribution is 2.29. The van der Waals surface area contributed by atoms with Crippen LogP contribution >= 0.6 is 11.6 Å². The first kappa shape index (κ1) is 14.9. The monoisotopic (exact) mass is 308 g/mol. The summed E-state index contributed by atoms with van der Waals surface area (Å²) in [5.41, 5.74) is -0.0460. The van der Waals surface area contributed by atoms with Crippen molar-refractivity contribution in [2.45, 2.75) is 0 Å². The number of benzene rings is 2. The van der Waals surface area contributed by atoms with E-state index in [0.29, 0.717) is 5.69 Å². The van der Waals surface area contributed by atoms with E-state index in [-0.39, 0.29) is 16.3 Å². The third-order valence-corrected chi connectivity index (χ3v) is 3.30. The maximum atomic E-state index is 13.2. The van der Waals surface area contributed by atoms with Gasteiger partial charge in [-0.2, -0.15) is 0 Å². The van der Waals surface area contributed by atoms with Crippen molar-refractivity contribution in [3.05, 3.63) is 69.0 Å². The number of amides is 1. The van der Waals surface area contributed by atoms with Crippen LogP contribution in [0, 0.1) is 15.9 Å². The number of carbonyl (C=O) groups is 1. The fraction of sp³-hybridized carbons (Fsp3) is 0.0714. The van der Waals surface area contributed by atoms with Gasteiger partial charge in [0.1, 0.15) is 10.8 Å². The van der Waals surface area contributed by atoms with Gasteiger partial charge in [-0.1, -0.05) is 23.7 Å². The minimum Gasteiger partial charge on any atom is -0.311 e. The Hall–Kier alpha value is -2.47. The number of anilines is 1. The SMILES string of the molecule is CN(C(=O)c1cccc([N+](=O)[O-])c1Cl)c1cccc(F)c1. The van der Waals surface area contributed by atoms with Crippen molar-refractivity contribution in [3.8, 4) is 0 Å². The maximum absolute atomic E-state index is 13.2. The number of nitrogens with zero attached hydrogens (tertiary/aromatic N) is 2. The molecule has 0 bridgehead atoms. The standard InChI is InChI=1S/C14H10ClFN2O3/c1-17(10-5-2-4-9(16)8-10)14(19)11-6-3-7-12(13(11)15)18(20)21/h2-8H,1H3. The summed E-state index contributed by atoms with van der Waals surface area (Å²) in [5, 5.41) is 10.6. The molecule has 7 heteroatoms. The van der Waals surface area contributed by atoms with Crippen molar-refractivity contribution in [1.29, 1.82) is 0 Å². The predicted octanol–water partition coefficient (Wildman–Crippen LogP) is 3.66. The summed E-state index contributed by atoms with van der Waals surface area (Å²) in [6.45, 7) is 0. The first-order chi connectivity index (χ1) is 9.91.